The first-order chi connectivity index (χ1) is 13.4. The van der Waals surface area contributed by atoms with Crippen molar-refractivity contribution in [2.45, 2.75) is 6.18 Å². The summed E-state index contributed by atoms with van der Waals surface area (Å²) >= 11 is 0. The number of anilines is 2. The molecular formula is C20H17F3N2O3. The lowest BCUT2D eigenvalue weighted by atomic mass is 10.1. The molecule has 146 valence electrons. The predicted molar refractivity (Wildman–Crippen MR) is 98.6 cm³/mol. The molecule has 1 saturated heterocycles. The Bertz CT molecular complexity index is 974. The maximum atomic E-state index is 13.2. The molecule has 2 heterocycles. The molecule has 4 rings (SSSR count). The third kappa shape index (κ3) is 3.68. The highest BCUT2D eigenvalue weighted by Crippen LogP contribution is 2.36. The molecule has 8 heteroatoms. The second-order valence-electron chi connectivity index (χ2n) is 6.43. The van der Waals surface area contributed by atoms with Gasteiger partial charge in [-0.25, -0.2) is 0 Å². The molecule has 1 amide bonds. The summed E-state index contributed by atoms with van der Waals surface area (Å²) in [5.74, 6) is -0.573. The van der Waals surface area contributed by atoms with E-state index in [4.69, 9.17) is 9.15 Å². The molecule has 3 aromatic rings. The number of amides is 1. The van der Waals surface area contributed by atoms with Gasteiger partial charge in [-0.3, -0.25) is 4.79 Å². The number of rotatable bonds is 3. The van der Waals surface area contributed by atoms with Gasteiger partial charge < -0.3 is 19.4 Å². The molecular weight excluding hydrogens is 373 g/mol. The molecule has 0 radical (unpaired) electrons. The fourth-order valence-electron chi connectivity index (χ4n) is 3.17. The Morgan fingerprint density at radius 3 is 2.50 bits per heavy atom. The van der Waals surface area contributed by atoms with Crippen LogP contribution in [0.5, 0.6) is 0 Å². The number of fused-ring (bicyclic) bond motifs is 1. The van der Waals surface area contributed by atoms with Gasteiger partial charge in [0.25, 0.3) is 5.91 Å². The zero-order chi connectivity index (χ0) is 19.7. The van der Waals surface area contributed by atoms with Gasteiger partial charge in [0.05, 0.1) is 30.2 Å². The monoisotopic (exact) mass is 390 g/mol. The van der Waals surface area contributed by atoms with E-state index in [0.29, 0.717) is 37.6 Å². The molecule has 0 atom stereocenters. The molecule has 5 nitrogen and oxygen atoms in total. The molecule has 0 bridgehead atoms. The second-order valence-corrected chi connectivity index (χ2v) is 6.43. The molecule has 0 aliphatic carbocycles. The molecule has 28 heavy (non-hydrogen) atoms. The largest absolute Gasteiger partial charge is 0.451 e. The first-order valence-corrected chi connectivity index (χ1v) is 8.76. The van der Waals surface area contributed by atoms with E-state index in [9.17, 15) is 18.0 Å². The molecule has 0 saturated carbocycles. The number of hydrogen-bond acceptors (Lipinski definition) is 4. The smallest absolute Gasteiger partial charge is 0.416 e. The molecule has 0 unspecified atom stereocenters. The Kier molecular flexibility index (Phi) is 4.72. The fraction of sp³-hybridized carbons (Fsp3) is 0.250. The minimum atomic E-state index is -4.51. The SMILES string of the molecule is O=C(Nc1cc(C(F)(F)F)ccc1N1CCOCC1)c1cc2ccccc2o1. The topological polar surface area (TPSA) is 54.7 Å². The Balaban J connectivity index is 1.68. The number of carbonyl (C=O) groups is 1. The van der Waals surface area contributed by atoms with Crippen LogP contribution in [0.15, 0.2) is 52.9 Å². The highest BCUT2D eigenvalue weighted by Gasteiger charge is 2.32. The van der Waals surface area contributed by atoms with Gasteiger partial charge in [0.15, 0.2) is 5.76 Å². The highest BCUT2D eigenvalue weighted by atomic mass is 19.4. The number of furan rings is 1. The van der Waals surface area contributed by atoms with Crippen LogP contribution in [-0.2, 0) is 10.9 Å². The van der Waals surface area contributed by atoms with Gasteiger partial charge in [0.1, 0.15) is 5.58 Å². The van der Waals surface area contributed by atoms with Crippen molar-refractivity contribution in [1.29, 1.82) is 0 Å². The maximum Gasteiger partial charge on any atom is 0.416 e. The van der Waals surface area contributed by atoms with E-state index in [1.54, 1.807) is 24.3 Å². The van der Waals surface area contributed by atoms with Crippen molar-refractivity contribution < 1.29 is 27.1 Å². The summed E-state index contributed by atoms with van der Waals surface area (Å²) in [5, 5.41) is 3.32. The summed E-state index contributed by atoms with van der Waals surface area (Å²) in [6, 6.07) is 12.0. The Labute approximate surface area is 158 Å². The molecule has 1 aliphatic rings. The normalized spacial score (nSPS) is 15.0. The molecule has 1 fully saturated rings. The second kappa shape index (κ2) is 7.20. The van der Waals surface area contributed by atoms with Crippen molar-refractivity contribution in [3.05, 3.63) is 59.9 Å². The van der Waals surface area contributed by atoms with Crippen LogP contribution < -0.4 is 10.2 Å². The Morgan fingerprint density at radius 2 is 1.79 bits per heavy atom. The predicted octanol–water partition coefficient (Wildman–Crippen LogP) is 4.54. The number of nitrogens with one attached hydrogen (secondary N) is 1. The summed E-state index contributed by atoms with van der Waals surface area (Å²) < 4.78 is 50.3. The van der Waals surface area contributed by atoms with Gasteiger partial charge >= 0.3 is 6.18 Å². The van der Waals surface area contributed by atoms with Gasteiger partial charge in [-0.2, -0.15) is 13.2 Å². The summed E-state index contributed by atoms with van der Waals surface area (Å²) in [4.78, 5) is 14.5. The van der Waals surface area contributed by atoms with Crippen LogP contribution in [0, 0.1) is 0 Å². The third-order valence-electron chi connectivity index (χ3n) is 4.57. The average Bonchev–Trinajstić information content (AvgIpc) is 3.12. The number of benzene rings is 2. The zero-order valence-corrected chi connectivity index (χ0v) is 14.8. The van der Waals surface area contributed by atoms with Crippen molar-refractivity contribution in [1.82, 2.24) is 0 Å². The van der Waals surface area contributed by atoms with Gasteiger partial charge in [-0.05, 0) is 30.3 Å². The van der Waals surface area contributed by atoms with E-state index < -0.39 is 17.6 Å². The van der Waals surface area contributed by atoms with Gasteiger partial charge in [-0.15, -0.1) is 0 Å². The minimum absolute atomic E-state index is 0.0338. The zero-order valence-electron chi connectivity index (χ0n) is 14.8. The third-order valence-corrected chi connectivity index (χ3v) is 4.57. The average molecular weight is 390 g/mol. The highest BCUT2D eigenvalue weighted by molar-refractivity contribution is 6.06. The molecule has 1 aliphatic heterocycles. The van der Waals surface area contributed by atoms with Crippen molar-refractivity contribution in [2.75, 3.05) is 36.5 Å². The van der Waals surface area contributed by atoms with Crippen LogP contribution in [0.25, 0.3) is 11.0 Å². The summed E-state index contributed by atoms with van der Waals surface area (Å²) in [6.07, 6.45) is -4.51. The number of morpholine rings is 1. The summed E-state index contributed by atoms with van der Waals surface area (Å²) in [5.41, 5.74) is 0.303. The first kappa shape index (κ1) is 18.4. The van der Waals surface area contributed by atoms with Crippen molar-refractivity contribution in [3.8, 4) is 0 Å². The van der Waals surface area contributed by atoms with Crippen LogP contribution in [0.2, 0.25) is 0 Å². The first-order valence-electron chi connectivity index (χ1n) is 8.76. The van der Waals surface area contributed by atoms with E-state index in [2.05, 4.69) is 5.32 Å². The molecule has 1 N–H and O–H groups in total. The van der Waals surface area contributed by atoms with Crippen LogP contribution in [0.3, 0.4) is 0 Å². The molecule has 2 aromatic carbocycles. The van der Waals surface area contributed by atoms with Crippen LogP contribution in [-0.4, -0.2) is 32.2 Å². The standard InChI is InChI=1S/C20H17F3N2O3/c21-20(22,23)14-5-6-16(25-7-9-27-10-8-25)15(12-14)24-19(26)18-11-13-3-1-2-4-17(13)28-18/h1-6,11-12H,7-10H2,(H,24,26). The number of ether oxygens (including phenoxy) is 1. The van der Waals surface area contributed by atoms with Crippen molar-refractivity contribution in [2.24, 2.45) is 0 Å². The van der Waals surface area contributed by atoms with Crippen LogP contribution >= 0.6 is 0 Å². The number of hydrogen-bond donors (Lipinski definition) is 1. The number of nitrogens with zero attached hydrogens (tertiary/aromatic N) is 1. The van der Waals surface area contributed by atoms with E-state index in [1.165, 1.54) is 6.07 Å². The lowest BCUT2D eigenvalue weighted by Gasteiger charge is -2.30. The maximum absolute atomic E-state index is 13.2. The van der Waals surface area contributed by atoms with Crippen LogP contribution in [0.1, 0.15) is 16.1 Å². The quantitative estimate of drug-likeness (QED) is 0.713. The Morgan fingerprint density at radius 1 is 1.04 bits per heavy atom. The van der Waals surface area contributed by atoms with Gasteiger partial charge in [-0.1, -0.05) is 18.2 Å². The van der Waals surface area contributed by atoms with Crippen LogP contribution in [0.4, 0.5) is 24.5 Å². The van der Waals surface area contributed by atoms with Crippen molar-refractivity contribution >= 4 is 28.3 Å². The molecule has 1 aromatic heterocycles. The fourth-order valence-corrected chi connectivity index (χ4v) is 3.17. The number of alkyl halides is 3. The van der Waals surface area contributed by atoms with E-state index in [0.717, 1.165) is 17.5 Å². The lowest BCUT2D eigenvalue weighted by molar-refractivity contribution is -0.137. The summed E-state index contributed by atoms with van der Waals surface area (Å²) in [7, 11) is 0. The number of para-hydroxylation sites is 1. The van der Waals surface area contributed by atoms with Crippen molar-refractivity contribution in [3.63, 3.8) is 0 Å². The van der Waals surface area contributed by atoms with E-state index >= 15 is 0 Å². The number of carbonyl (C=O) groups excluding carboxylic acids is 1. The van der Waals surface area contributed by atoms with E-state index in [-0.39, 0.29) is 11.4 Å². The minimum Gasteiger partial charge on any atom is -0.451 e. The number of halogens is 3. The summed E-state index contributed by atoms with van der Waals surface area (Å²) in [6.45, 7) is 1.99. The van der Waals surface area contributed by atoms with Gasteiger partial charge in [0.2, 0.25) is 0 Å². The molecule has 0 spiro atoms. The Hall–Kier alpha value is -3.00. The van der Waals surface area contributed by atoms with E-state index in [1.807, 2.05) is 11.0 Å². The van der Waals surface area contributed by atoms with Gasteiger partial charge in [0, 0.05) is 18.5 Å². The lowest BCUT2D eigenvalue weighted by Crippen LogP contribution is -2.36.